The van der Waals surface area contributed by atoms with E-state index in [1.54, 1.807) is 0 Å². The van der Waals surface area contributed by atoms with Gasteiger partial charge in [-0.1, -0.05) is 15.9 Å². The maximum Gasteiger partial charge on any atom is 0.251 e. The maximum absolute atomic E-state index is 12.1. The van der Waals surface area contributed by atoms with Gasteiger partial charge in [-0.15, -0.1) is 0 Å². The molecule has 1 unspecified atom stereocenters. The van der Waals surface area contributed by atoms with Gasteiger partial charge in [0, 0.05) is 25.0 Å². The molecule has 0 spiro atoms. The van der Waals surface area contributed by atoms with Gasteiger partial charge in [-0.3, -0.25) is 4.79 Å². The molecule has 0 bridgehead atoms. The van der Waals surface area contributed by atoms with E-state index in [2.05, 4.69) is 55.2 Å². The van der Waals surface area contributed by atoms with Gasteiger partial charge in [0.2, 0.25) is 0 Å². The summed E-state index contributed by atoms with van der Waals surface area (Å²) in [5.41, 5.74) is 3.97. The Morgan fingerprint density at radius 1 is 1.25 bits per heavy atom. The van der Waals surface area contributed by atoms with E-state index >= 15 is 0 Å². The number of nitrogens with one attached hydrogen (secondary N) is 2. The Hall–Kier alpha value is -1.08. The molecule has 5 heteroatoms. The lowest BCUT2D eigenvalue weighted by molar-refractivity contribution is -0.116. The van der Waals surface area contributed by atoms with Crippen molar-refractivity contribution in [2.24, 2.45) is 0 Å². The van der Waals surface area contributed by atoms with Gasteiger partial charge in [0.15, 0.2) is 0 Å². The molecule has 2 aromatic carbocycles. The molecule has 1 aliphatic rings. The summed E-state index contributed by atoms with van der Waals surface area (Å²) in [5.74, 6) is -0.0175. The second-order valence-corrected chi connectivity index (χ2v) is 6.92. The summed E-state index contributed by atoms with van der Waals surface area (Å²) < 4.78 is 2.16. The molecule has 0 aromatic heterocycles. The van der Waals surface area contributed by atoms with Crippen LogP contribution in [0.1, 0.15) is 17.2 Å². The molecule has 0 aliphatic carbocycles. The van der Waals surface area contributed by atoms with E-state index in [0.29, 0.717) is 0 Å². The molecular formula is C15H12BrIN2O. The number of amides is 1. The number of anilines is 2. The van der Waals surface area contributed by atoms with Gasteiger partial charge in [0.05, 0.1) is 0 Å². The van der Waals surface area contributed by atoms with Gasteiger partial charge in [0.1, 0.15) is 6.04 Å². The quantitative estimate of drug-likeness (QED) is 0.674. The SMILES string of the molecule is Cc1cc(I)ccc1NC1C(=O)Nc2ccc(Br)cc21. The Labute approximate surface area is 139 Å². The van der Waals surface area contributed by atoms with Crippen LogP contribution in [-0.2, 0) is 4.79 Å². The highest BCUT2D eigenvalue weighted by atomic mass is 127. The van der Waals surface area contributed by atoms with Gasteiger partial charge in [0.25, 0.3) is 5.91 Å². The van der Waals surface area contributed by atoms with Crippen LogP contribution < -0.4 is 10.6 Å². The van der Waals surface area contributed by atoms with Gasteiger partial charge >= 0.3 is 0 Å². The van der Waals surface area contributed by atoms with Crippen molar-refractivity contribution >= 4 is 55.8 Å². The molecule has 102 valence electrons. The van der Waals surface area contributed by atoms with E-state index < -0.39 is 0 Å². The van der Waals surface area contributed by atoms with Crippen LogP contribution in [0.25, 0.3) is 0 Å². The van der Waals surface area contributed by atoms with E-state index in [1.807, 2.05) is 37.3 Å². The van der Waals surface area contributed by atoms with Crippen LogP contribution in [0.4, 0.5) is 11.4 Å². The zero-order chi connectivity index (χ0) is 14.3. The highest BCUT2D eigenvalue weighted by Crippen LogP contribution is 2.35. The van der Waals surface area contributed by atoms with Crippen molar-refractivity contribution in [3.63, 3.8) is 0 Å². The lowest BCUT2D eigenvalue weighted by Crippen LogP contribution is -2.20. The monoisotopic (exact) mass is 442 g/mol. The third-order valence-electron chi connectivity index (χ3n) is 3.33. The fourth-order valence-electron chi connectivity index (χ4n) is 2.32. The highest BCUT2D eigenvalue weighted by molar-refractivity contribution is 14.1. The lowest BCUT2D eigenvalue weighted by atomic mass is 10.1. The fraction of sp³-hybridized carbons (Fsp3) is 0.133. The minimum Gasteiger partial charge on any atom is -0.370 e. The van der Waals surface area contributed by atoms with E-state index in [4.69, 9.17) is 0 Å². The summed E-state index contributed by atoms with van der Waals surface area (Å²) in [6, 6.07) is 11.6. The summed E-state index contributed by atoms with van der Waals surface area (Å²) in [7, 11) is 0. The number of rotatable bonds is 2. The fourth-order valence-corrected chi connectivity index (χ4v) is 3.35. The topological polar surface area (TPSA) is 41.1 Å². The zero-order valence-electron chi connectivity index (χ0n) is 10.7. The zero-order valence-corrected chi connectivity index (χ0v) is 14.4. The minimum absolute atomic E-state index is 0.0175. The first-order chi connectivity index (χ1) is 9.54. The number of fused-ring (bicyclic) bond motifs is 1. The van der Waals surface area contributed by atoms with Crippen molar-refractivity contribution < 1.29 is 4.79 Å². The van der Waals surface area contributed by atoms with Crippen LogP contribution >= 0.6 is 38.5 Å². The third kappa shape index (κ3) is 2.56. The molecule has 1 aliphatic heterocycles. The summed E-state index contributed by atoms with van der Waals surface area (Å²) in [6.07, 6.45) is 0. The summed E-state index contributed by atoms with van der Waals surface area (Å²) in [4.78, 5) is 12.1. The molecule has 2 aromatic rings. The van der Waals surface area contributed by atoms with Crippen LogP contribution in [0.3, 0.4) is 0 Å². The van der Waals surface area contributed by atoms with E-state index in [0.717, 1.165) is 27.0 Å². The molecule has 1 heterocycles. The maximum atomic E-state index is 12.1. The first-order valence-electron chi connectivity index (χ1n) is 6.17. The molecule has 0 saturated carbocycles. The molecule has 1 atom stereocenters. The number of carbonyl (C=O) groups is 1. The Bertz CT molecular complexity index is 702. The minimum atomic E-state index is -0.346. The van der Waals surface area contributed by atoms with Crippen LogP contribution in [0.15, 0.2) is 40.9 Å². The summed E-state index contributed by atoms with van der Waals surface area (Å²) in [6.45, 7) is 2.04. The van der Waals surface area contributed by atoms with Crippen molar-refractivity contribution in [3.05, 3.63) is 55.6 Å². The lowest BCUT2D eigenvalue weighted by Gasteiger charge is -2.15. The van der Waals surface area contributed by atoms with Crippen molar-refractivity contribution in [1.29, 1.82) is 0 Å². The van der Waals surface area contributed by atoms with E-state index in [-0.39, 0.29) is 11.9 Å². The average molecular weight is 443 g/mol. The number of aryl methyl sites for hydroxylation is 1. The number of hydrogen-bond acceptors (Lipinski definition) is 2. The molecule has 0 saturated heterocycles. The molecule has 1 amide bonds. The van der Waals surface area contributed by atoms with Gasteiger partial charge in [-0.25, -0.2) is 0 Å². The standard InChI is InChI=1S/C15H12BrIN2O/c1-8-6-10(17)3-5-12(8)18-14-11-7-9(16)2-4-13(11)19-15(14)20/h2-7,14,18H,1H3,(H,19,20). The third-order valence-corrected chi connectivity index (χ3v) is 4.50. The van der Waals surface area contributed by atoms with Gasteiger partial charge in [-0.05, 0) is 71.5 Å². The number of benzene rings is 2. The molecule has 2 N–H and O–H groups in total. The Morgan fingerprint density at radius 3 is 2.80 bits per heavy atom. The van der Waals surface area contributed by atoms with Crippen molar-refractivity contribution in [3.8, 4) is 0 Å². The normalized spacial score (nSPS) is 16.8. The largest absolute Gasteiger partial charge is 0.370 e. The predicted octanol–water partition coefficient (Wildman–Crippen LogP) is 4.47. The molecule has 0 fully saturated rings. The number of carbonyl (C=O) groups excluding carboxylic acids is 1. The molecular weight excluding hydrogens is 431 g/mol. The van der Waals surface area contributed by atoms with E-state index in [9.17, 15) is 4.79 Å². The Balaban J connectivity index is 1.95. The van der Waals surface area contributed by atoms with Gasteiger partial charge < -0.3 is 10.6 Å². The van der Waals surface area contributed by atoms with Crippen LogP contribution in [0.5, 0.6) is 0 Å². The van der Waals surface area contributed by atoms with E-state index in [1.165, 1.54) is 3.57 Å². The second-order valence-electron chi connectivity index (χ2n) is 4.76. The predicted molar refractivity (Wildman–Crippen MR) is 93.0 cm³/mol. The Kier molecular flexibility index (Phi) is 3.72. The molecule has 0 radical (unpaired) electrons. The first-order valence-corrected chi connectivity index (χ1v) is 8.05. The molecule has 3 rings (SSSR count). The Morgan fingerprint density at radius 2 is 2.05 bits per heavy atom. The van der Waals surface area contributed by atoms with Crippen molar-refractivity contribution in [2.45, 2.75) is 13.0 Å². The number of hydrogen-bond donors (Lipinski definition) is 2. The second kappa shape index (κ2) is 5.37. The molecule has 3 nitrogen and oxygen atoms in total. The van der Waals surface area contributed by atoms with Crippen molar-refractivity contribution in [2.75, 3.05) is 10.6 Å². The highest BCUT2D eigenvalue weighted by Gasteiger charge is 2.30. The number of halogens is 2. The summed E-state index contributed by atoms with van der Waals surface area (Å²) >= 11 is 5.74. The van der Waals surface area contributed by atoms with Crippen molar-refractivity contribution in [1.82, 2.24) is 0 Å². The van der Waals surface area contributed by atoms with Crippen LogP contribution in [0.2, 0.25) is 0 Å². The molecule has 20 heavy (non-hydrogen) atoms. The summed E-state index contributed by atoms with van der Waals surface area (Å²) in [5, 5.41) is 6.24. The first kappa shape index (κ1) is 13.9. The van der Waals surface area contributed by atoms with Crippen LogP contribution in [-0.4, -0.2) is 5.91 Å². The van der Waals surface area contributed by atoms with Gasteiger partial charge in [-0.2, -0.15) is 0 Å². The average Bonchev–Trinajstić information content (AvgIpc) is 2.69. The van der Waals surface area contributed by atoms with Crippen LogP contribution in [0, 0.1) is 10.5 Å². The smallest absolute Gasteiger partial charge is 0.251 e.